The van der Waals surface area contributed by atoms with E-state index < -0.39 is 18.1 Å². The van der Waals surface area contributed by atoms with E-state index in [2.05, 4.69) is 14.8 Å². The third kappa shape index (κ3) is 6.79. The number of aliphatic carboxylic acids is 1. The van der Waals surface area contributed by atoms with E-state index in [1.54, 1.807) is 12.1 Å². The number of halogens is 4. The first-order valence-electron chi connectivity index (χ1n) is 11.0. The lowest BCUT2D eigenvalue weighted by Crippen LogP contribution is -2.36. The van der Waals surface area contributed by atoms with Crippen molar-refractivity contribution in [1.82, 2.24) is 9.88 Å². The molecule has 0 unspecified atom stereocenters. The molecule has 1 aliphatic carbocycles. The lowest BCUT2D eigenvalue weighted by atomic mass is 9.89. The van der Waals surface area contributed by atoms with Crippen LogP contribution in [-0.4, -0.2) is 40.2 Å². The Morgan fingerprint density at radius 1 is 1.06 bits per heavy atom. The molecular formula is C23H28F4N2O3. The predicted octanol–water partition coefficient (Wildman–Crippen LogP) is 5.92. The molecule has 32 heavy (non-hydrogen) atoms. The Morgan fingerprint density at radius 3 is 2.31 bits per heavy atom. The van der Waals surface area contributed by atoms with Crippen molar-refractivity contribution >= 4 is 16.9 Å². The Bertz CT molecular complexity index is 892. The van der Waals surface area contributed by atoms with E-state index in [9.17, 15) is 22.5 Å². The molecule has 1 aromatic heterocycles. The molecule has 0 spiro atoms. The highest BCUT2D eigenvalue weighted by Crippen LogP contribution is 2.37. The molecule has 1 N–H and O–H groups in total. The number of rotatable bonds is 4. The fourth-order valence-corrected chi connectivity index (χ4v) is 4.28. The van der Waals surface area contributed by atoms with Gasteiger partial charge in [0.15, 0.2) is 5.75 Å². The van der Waals surface area contributed by atoms with Crippen LogP contribution in [0.4, 0.5) is 17.7 Å². The van der Waals surface area contributed by atoms with Crippen molar-refractivity contribution in [1.29, 1.82) is 0 Å². The summed E-state index contributed by atoms with van der Waals surface area (Å²) in [6.07, 6.45) is 0.620. The van der Waals surface area contributed by atoms with Crippen molar-refractivity contribution in [3.8, 4) is 5.75 Å². The topological polar surface area (TPSA) is 62.7 Å². The molecule has 9 heteroatoms. The monoisotopic (exact) mass is 456 g/mol. The SMILES string of the molecule is FC(F)(F)C1CCCCC1.O=C(O)C1CCN(Cc2ccc3cc(OF)ccc3n2)CC1. The molecule has 2 fully saturated rings. The summed E-state index contributed by atoms with van der Waals surface area (Å²) in [5.74, 6) is -1.76. The molecule has 1 saturated heterocycles. The Labute approximate surface area is 184 Å². The predicted molar refractivity (Wildman–Crippen MR) is 112 cm³/mol. The zero-order valence-electron chi connectivity index (χ0n) is 17.8. The number of carboxylic acid groups (broad SMARTS) is 1. The molecule has 5 nitrogen and oxygen atoms in total. The first-order valence-corrected chi connectivity index (χ1v) is 11.0. The van der Waals surface area contributed by atoms with Crippen LogP contribution in [0.3, 0.4) is 0 Å². The third-order valence-corrected chi connectivity index (χ3v) is 6.20. The molecule has 0 bridgehead atoms. The van der Waals surface area contributed by atoms with Gasteiger partial charge in [-0.25, -0.2) is 0 Å². The summed E-state index contributed by atoms with van der Waals surface area (Å²) < 4.78 is 48.0. The van der Waals surface area contributed by atoms with Crippen LogP contribution >= 0.6 is 0 Å². The normalized spacial score (nSPS) is 18.8. The number of nitrogens with zero attached hydrogens (tertiary/aromatic N) is 2. The first-order chi connectivity index (χ1) is 15.3. The summed E-state index contributed by atoms with van der Waals surface area (Å²) >= 11 is 0. The summed E-state index contributed by atoms with van der Waals surface area (Å²) in [7, 11) is 0. The van der Waals surface area contributed by atoms with Crippen LogP contribution < -0.4 is 4.94 Å². The molecule has 176 valence electrons. The molecule has 0 radical (unpaired) electrons. The highest BCUT2D eigenvalue weighted by Gasteiger charge is 2.39. The number of benzene rings is 1. The van der Waals surface area contributed by atoms with Gasteiger partial charge in [-0.05, 0) is 63.0 Å². The maximum atomic E-state index is 12.2. The van der Waals surface area contributed by atoms with E-state index in [1.165, 1.54) is 6.07 Å². The lowest BCUT2D eigenvalue weighted by Gasteiger charge is -2.29. The minimum atomic E-state index is -3.93. The Kier molecular flexibility index (Phi) is 8.28. The summed E-state index contributed by atoms with van der Waals surface area (Å²) in [5.41, 5.74) is 1.72. The van der Waals surface area contributed by atoms with Gasteiger partial charge in [-0.1, -0.05) is 25.3 Å². The zero-order chi connectivity index (χ0) is 23.1. The molecule has 1 aliphatic heterocycles. The standard InChI is InChI=1S/C16H17FN2O3.C7H11F3/c17-22-14-3-4-15-12(9-14)1-2-13(18-15)10-19-7-5-11(6-8-19)16(20)21;8-7(9,10)6-4-2-1-3-5-6/h1-4,9,11H,5-8,10H2,(H,20,21);6H,1-5H2. The lowest BCUT2D eigenvalue weighted by molar-refractivity contribution is -0.181. The van der Waals surface area contributed by atoms with Crippen LogP contribution in [0, 0.1) is 11.8 Å². The summed E-state index contributed by atoms with van der Waals surface area (Å²) in [6, 6.07) is 8.67. The van der Waals surface area contributed by atoms with Gasteiger partial charge in [-0.3, -0.25) is 19.6 Å². The van der Waals surface area contributed by atoms with Crippen molar-refractivity contribution in [2.75, 3.05) is 13.1 Å². The second-order valence-electron chi connectivity index (χ2n) is 8.50. The summed E-state index contributed by atoms with van der Waals surface area (Å²) in [5, 5.41) is 9.83. The highest BCUT2D eigenvalue weighted by atomic mass is 19.4. The number of carbonyl (C=O) groups is 1. The van der Waals surface area contributed by atoms with Crippen LogP contribution in [0.1, 0.15) is 50.6 Å². The van der Waals surface area contributed by atoms with Crippen LogP contribution in [0.15, 0.2) is 30.3 Å². The van der Waals surface area contributed by atoms with Crippen LogP contribution in [0.5, 0.6) is 5.75 Å². The summed E-state index contributed by atoms with van der Waals surface area (Å²) in [4.78, 5) is 21.4. The fourth-order valence-electron chi connectivity index (χ4n) is 4.28. The Balaban J connectivity index is 0.000000243. The smallest absolute Gasteiger partial charge is 0.391 e. The zero-order valence-corrected chi connectivity index (χ0v) is 17.8. The number of alkyl halides is 3. The van der Waals surface area contributed by atoms with Gasteiger partial charge in [0.25, 0.3) is 0 Å². The molecule has 2 heterocycles. The van der Waals surface area contributed by atoms with Gasteiger partial charge in [0, 0.05) is 16.5 Å². The molecule has 0 atom stereocenters. The van der Waals surface area contributed by atoms with Crippen LogP contribution in [0.25, 0.3) is 10.9 Å². The first kappa shape index (κ1) is 24.2. The minimum absolute atomic E-state index is 0.165. The van der Waals surface area contributed by atoms with Gasteiger partial charge >= 0.3 is 12.1 Å². The number of carboxylic acids is 1. The summed E-state index contributed by atoms with van der Waals surface area (Å²) in [6.45, 7) is 2.24. The number of piperidine rings is 1. The molecule has 0 amide bonds. The van der Waals surface area contributed by atoms with E-state index in [0.717, 1.165) is 48.9 Å². The van der Waals surface area contributed by atoms with Crippen molar-refractivity contribution in [2.24, 2.45) is 11.8 Å². The van der Waals surface area contributed by atoms with Gasteiger partial charge in [0.2, 0.25) is 0 Å². The second kappa shape index (κ2) is 10.9. The van der Waals surface area contributed by atoms with Crippen LogP contribution in [0.2, 0.25) is 0 Å². The minimum Gasteiger partial charge on any atom is -0.481 e. The third-order valence-electron chi connectivity index (χ3n) is 6.20. The number of fused-ring (bicyclic) bond motifs is 1. The van der Waals surface area contributed by atoms with Crippen molar-refractivity contribution in [3.05, 3.63) is 36.0 Å². The van der Waals surface area contributed by atoms with Gasteiger partial charge in [-0.2, -0.15) is 13.2 Å². The van der Waals surface area contributed by atoms with E-state index in [4.69, 9.17) is 5.11 Å². The molecule has 2 aliphatic rings. The Morgan fingerprint density at radius 2 is 1.75 bits per heavy atom. The fraction of sp³-hybridized carbons (Fsp3) is 0.565. The molecule has 4 rings (SSSR count). The average molecular weight is 456 g/mol. The molecule has 1 saturated carbocycles. The van der Waals surface area contributed by atoms with Gasteiger partial charge in [0.1, 0.15) is 0 Å². The van der Waals surface area contributed by atoms with E-state index in [0.29, 0.717) is 32.2 Å². The van der Waals surface area contributed by atoms with Crippen molar-refractivity contribution in [2.45, 2.75) is 57.7 Å². The van der Waals surface area contributed by atoms with Gasteiger partial charge in [-0.15, -0.1) is 0 Å². The quantitative estimate of drug-likeness (QED) is 0.579. The van der Waals surface area contributed by atoms with Crippen LogP contribution in [-0.2, 0) is 11.3 Å². The Hall–Kier alpha value is -2.42. The van der Waals surface area contributed by atoms with Gasteiger partial charge in [0.05, 0.1) is 23.0 Å². The maximum Gasteiger partial charge on any atom is 0.391 e. The molecular weight excluding hydrogens is 428 g/mol. The van der Waals surface area contributed by atoms with E-state index in [-0.39, 0.29) is 11.7 Å². The average Bonchev–Trinajstić information content (AvgIpc) is 2.79. The number of hydrogen-bond acceptors (Lipinski definition) is 4. The van der Waals surface area contributed by atoms with Crippen molar-refractivity contribution in [3.63, 3.8) is 0 Å². The molecule has 1 aromatic carbocycles. The second-order valence-corrected chi connectivity index (χ2v) is 8.50. The van der Waals surface area contributed by atoms with E-state index in [1.807, 2.05) is 12.1 Å². The number of likely N-dealkylation sites (tertiary alicyclic amines) is 1. The van der Waals surface area contributed by atoms with E-state index >= 15 is 0 Å². The number of hydrogen-bond donors (Lipinski definition) is 1. The van der Waals surface area contributed by atoms with Gasteiger partial charge < -0.3 is 5.11 Å². The number of pyridine rings is 1. The number of aromatic nitrogens is 1. The highest BCUT2D eigenvalue weighted by molar-refractivity contribution is 5.80. The molecule has 2 aromatic rings. The maximum absolute atomic E-state index is 12.2. The largest absolute Gasteiger partial charge is 0.481 e. The van der Waals surface area contributed by atoms with Crippen molar-refractivity contribution < 1.29 is 32.5 Å².